The van der Waals surface area contributed by atoms with Crippen molar-refractivity contribution in [2.24, 2.45) is 0 Å². The van der Waals surface area contributed by atoms with E-state index in [-0.39, 0.29) is 11.6 Å². The Morgan fingerprint density at radius 3 is 2.60 bits per heavy atom. The first-order valence-corrected chi connectivity index (χ1v) is 8.32. The Morgan fingerprint density at radius 2 is 1.84 bits per heavy atom. The van der Waals surface area contributed by atoms with Gasteiger partial charge >= 0.3 is 0 Å². The average Bonchev–Trinajstić information content (AvgIpc) is 2.67. The average molecular weight is 339 g/mol. The third kappa shape index (κ3) is 3.21. The van der Waals surface area contributed by atoms with Crippen LogP contribution in [0.1, 0.15) is 15.9 Å². The number of Topliss-reactive ketones (excluding diaryl/α,β-unsaturated/α-hetero) is 1. The Balaban J connectivity index is 1.75. The molecule has 1 saturated heterocycles. The minimum atomic E-state index is -0.491. The molecule has 0 aliphatic carbocycles. The van der Waals surface area contributed by atoms with E-state index in [1.54, 1.807) is 24.3 Å². The number of halogens is 1. The first kappa shape index (κ1) is 16.0. The second-order valence-corrected chi connectivity index (χ2v) is 6.10. The summed E-state index contributed by atoms with van der Waals surface area (Å²) in [5, 5.41) is 0. The minimum absolute atomic E-state index is 0.105. The predicted octanol–water partition coefficient (Wildman–Crippen LogP) is 3.14. The van der Waals surface area contributed by atoms with Gasteiger partial charge < -0.3 is 9.47 Å². The van der Waals surface area contributed by atoms with Gasteiger partial charge in [0.25, 0.3) is 0 Å². The number of ether oxygens (including phenoxy) is 2. The molecule has 4 rings (SSSR count). The van der Waals surface area contributed by atoms with Gasteiger partial charge in [-0.2, -0.15) is 0 Å². The smallest absolute Gasteiger partial charge is 0.194 e. The van der Waals surface area contributed by atoms with Crippen LogP contribution in [0.25, 0.3) is 6.08 Å². The van der Waals surface area contributed by atoms with Crippen molar-refractivity contribution in [2.75, 3.05) is 26.3 Å². The molecule has 1 atom stereocenters. The van der Waals surface area contributed by atoms with Crippen LogP contribution in [0.2, 0.25) is 0 Å². The number of morpholine rings is 1. The van der Waals surface area contributed by atoms with Gasteiger partial charge in [-0.3, -0.25) is 9.69 Å². The van der Waals surface area contributed by atoms with E-state index in [9.17, 15) is 9.18 Å². The molecule has 4 nitrogen and oxygen atoms in total. The van der Waals surface area contributed by atoms with Crippen LogP contribution in [-0.2, 0) is 4.74 Å². The van der Waals surface area contributed by atoms with Gasteiger partial charge in [-0.05, 0) is 24.3 Å². The van der Waals surface area contributed by atoms with Crippen LogP contribution in [0, 0.1) is 5.82 Å². The second-order valence-electron chi connectivity index (χ2n) is 6.10. The molecule has 1 fully saturated rings. The van der Waals surface area contributed by atoms with Gasteiger partial charge in [0, 0.05) is 24.2 Å². The zero-order valence-corrected chi connectivity index (χ0v) is 13.7. The van der Waals surface area contributed by atoms with Gasteiger partial charge in [0.1, 0.15) is 11.6 Å². The van der Waals surface area contributed by atoms with E-state index in [1.165, 1.54) is 12.1 Å². The first-order valence-electron chi connectivity index (χ1n) is 8.32. The third-order valence-corrected chi connectivity index (χ3v) is 4.46. The zero-order chi connectivity index (χ0) is 17.2. The molecule has 5 heteroatoms. The van der Waals surface area contributed by atoms with Gasteiger partial charge in [-0.25, -0.2) is 4.39 Å². The van der Waals surface area contributed by atoms with E-state index in [1.807, 2.05) is 18.2 Å². The molecule has 128 valence electrons. The first-order chi connectivity index (χ1) is 12.2. The Hall–Kier alpha value is -2.50. The number of hydrogen-bond donors (Lipinski definition) is 0. The summed E-state index contributed by atoms with van der Waals surface area (Å²) in [4.78, 5) is 15.1. The monoisotopic (exact) mass is 339 g/mol. The number of hydrogen-bond acceptors (Lipinski definition) is 4. The van der Waals surface area contributed by atoms with Crippen molar-refractivity contribution >= 4 is 11.9 Å². The van der Waals surface area contributed by atoms with E-state index in [2.05, 4.69) is 4.90 Å². The SMILES string of the molecule is O=C(C1=Cc2cc(F)ccc2OC1N1CCOCC1)c1ccccc1. The van der Waals surface area contributed by atoms with Crippen LogP contribution in [0.3, 0.4) is 0 Å². The van der Waals surface area contributed by atoms with Crippen LogP contribution in [0.5, 0.6) is 5.75 Å². The molecule has 0 saturated carbocycles. The molecule has 2 aromatic carbocycles. The Bertz CT molecular complexity index is 813. The van der Waals surface area contributed by atoms with Gasteiger partial charge in [0.05, 0.1) is 18.8 Å². The summed E-state index contributed by atoms with van der Waals surface area (Å²) < 4.78 is 25.1. The molecule has 2 aliphatic rings. The lowest BCUT2D eigenvalue weighted by molar-refractivity contribution is -0.0302. The standard InChI is InChI=1S/C20H18FNO3/c21-16-6-7-18-15(12-16)13-17(19(23)14-4-2-1-3-5-14)20(25-18)22-8-10-24-11-9-22/h1-7,12-13,20H,8-11H2. The van der Waals surface area contributed by atoms with Crippen molar-refractivity contribution in [2.45, 2.75) is 6.23 Å². The zero-order valence-electron chi connectivity index (χ0n) is 13.7. The summed E-state index contributed by atoms with van der Waals surface area (Å²) in [6.45, 7) is 2.56. The Morgan fingerprint density at radius 1 is 1.08 bits per heavy atom. The van der Waals surface area contributed by atoms with Gasteiger partial charge in [0.2, 0.25) is 0 Å². The van der Waals surface area contributed by atoms with Crippen molar-refractivity contribution in [1.29, 1.82) is 0 Å². The molecule has 0 aromatic heterocycles. The van der Waals surface area contributed by atoms with Gasteiger partial charge in [-0.15, -0.1) is 0 Å². The lowest BCUT2D eigenvalue weighted by Gasteiger charge is -2.37. The number of ketones is 1. The number of carbonyl (C=O) groups excluding carboxylic acids is 1. The molecule has 0 amide bonds. The van der Waals surface area contributed by atoms with Crippen molar-refractivity contribution < 1.29 is 18.7 Å². The fraction of sp³-hybridized carbons (Fsp3) is 0.250. The van der Waals surface area contributed by atoms with E-state index in [0.717, 1.165) is 0 Å². The van der Waals surface area contributed by atoms with Crippen molar-refractivity contribution in [3.05, 3.63) is 71.0 Å². The molecule has 2 aromatic rings. The number of fused-ring (bicyclic) bond motifs is 1. The minimum Gasteiger partial charge on any atom is -0.470 e. The van der Waals surface area contributed by atoms with Crippen molar-refractivity contribution in [3.63, 3.8) is 0 Å². The highest BCUT2D eigenvalue weighted by molar-refractivity contribution is 6.12. The second kappa shape index (κ2) is 6.78. The molecule has 0 radical (unpaired) electrons. The van der Waals surface area contributed by atoms with E-state index in [4.69, 9.17) is 9.47 Å². The predicted molar refractivity (Wildman–Crippen MR) is 92.0 cm³/mol. The van der Waals surface area contributed by atoms with Crippen LogP contribution in [-0.4, -0.2) is 43.2 Å². The molecule has 25 heavy (non-hydrogen) atoms. The maximum atomic E-state index is 13.6. The number of nitrogens with zero attached hydrogens (tertiary/aromatic N) is 1. The summed E-state index contributed by atoms with van der Waals surface area (Å²) in [7, 11) is 0. The van der Waals surface area contributed by atoms with Crippen LogP contribution >= 0.6 is 0 Å². The summed E-state index contributed by atoms with van der Waals surface area (Å²) in [5.41, 5.74) is 1.70. The van der Waals surface area contributed by atoms with E-state index < -0.39 is 6.23 Å². The number of carbonyl (C=O) groups is 1. The lowest BCUT2D eigenvalue weighted by atomic mass is 9.96. The highest BCUT2D eigenvalue weighted by Crippen LogP contribution is 2.33. The molecule has 2 heterocycles. The topological polar surface area (TPSA) is 38.8 Å². The Kier molecular flexibility index (Phi) is 4.34. The molecule has 2 aliphatic heterocycles. The fourth-order valence-corrected chi connectivity index (χ4v) is 3.18. The molecular weight excluding hydrogens is 321 g/mol. The van der Waals surface area contributed by atoms with Crippen molar-refractivity contribution in [3.8, 4) is 5.75 Å². The molecule has 0 spiro atoms. The summed E-state index contributed by atoms with van der Waals surface area (Å²) in [6.07, 6.45) is 1.26. The van der Waals surface area contributed by atoms with Crippen molar-refractivity contribution in [1.82, 2.24) is 4.90 Å². The molecule has 1 unspecified atom stereocenters. The quantitative estimate of drug-likeness (QED) is 0.806. The van der Waals surface area contributed by atoms with Crippen LogP contribution < -0.4 is 4.74 Å². The fourth-order valence-electron chi connectivity index (χ4n) is 3.18. The molecular formula is C20H18FNO3. The largest absolute Gasteiger partial charge is 0.470 e. The van der Waals surface area contributed by atoms with Crippen LogP contribution in [0.4, 0.5) is 4.39 Å². The normalized spacial score (nSPS) is 20.4. The van der Waals surface area contributed by atoms with E-state index >= 15 is 0 Å². The lowest BCUT2D eigenvalue weighted by Crippen LogP contribution is -2.49. The maximum absolute atomic E-state index is 13.6. The number of rotatable bonds is 3. The van der Waals surface area contributed by atoms with Gasteiger partial charge in [0.15, 0.2) is 12.0 Å². The highest BCUT2D eigenvalue weighted by atomic mass is 19.1. The summed E-state index contributed by atoms with van der Waals surface area (Å²) >= 11 is 0. The van der Waals surface area contributed by atoms with Crippen LogP contribution in [0.15, 0.2) is 54.1 Å². The number of benzene rings is 2. The Labute approximate surface area is 145 Å². The summed E-state index contributed by atoms with van der Waals surface area (Å²) in [6, 6.07) is 13.5. The van der Waals surface area contributed by atoms with E-state index in [0.29, 0.717) is 48.8 Å². The third-order valence-electron chi connectivity index (χ3n) is 4.46. The molecule has 0 N–H and O–H groups in total. The highest BCUT2D eigenvalue weighted by Gasteiger charge is 2.33. The molecule has 0 bridgehead atoms. The van der Waals surface area contributed by atoms with Gasteiger partial charge in [-0.1, -0.05) is 30.3 Å². The summed E-state index contributed by atoms with van der Waals surface area (Å²) in [5.74, 6) is 0.129. The maximum Gasteiger partial charge on any atom is 0.194 e.